The van der Waals surface area contributed by atoms with Gasteiger partial charge in [-0.05, 0) is 36.6 Å². The van der Waals surface area contributed by atoms with Crippen LogP contribution < -0.4 is 5.32 Å². The van der Waals surface area contributed by atoms with Crippen LogP contribution in [0.2, 0.25) is 0 Å². The van der Waals surface area contributed by atoms with E-state index in [2.05, 4.69) is 15.3 Å². The normalized spacial score (nSPS) is 11.4. The second-order valence-corrected chi connectivity index (χ2v) is 5.97. The monoisotopic (exact) mass is 373 g/mol. The summed E-state index contributed by atoms with van der Waals surface area (Å²) >= 11 is 0. The van der Waals surface area contributed by atoms with Gasteiger partial charge in [-0.3, -0.25) is 0 Å². The molecule has 140 valence electrons. The minimum Gasteiger partial charge on any atom is -0.396 e. The fourth-order valence-electron chi connectivity index (χ4n) is 2.68. The van der Waals surface area contributed by atoms with Crippen molar-refractivity contribution in [1.29, 1.82) is 0 Å². The zero-order valence-corrected chi connectivity index (χ0v) is 14.4. The highest BCUT2D eigenvalue weighted by atomic mass is 19.4. The third kappa shape index (κ3) is 4.83. The third-order valence-electron chi connectivity index (χ3n) is 4.06. The van der Waals surface area contributed by atoms with E-state index in [1.54, 1.807) is 6.07 Å². The van der Waals surface area contributed by atoms with Gasteiger partial charge in [0.25, 0.3) is 0 Å². The first-order valence-corrected chi connectivity index (χ1v) is 8.43. The Hall–Kier alpha value is -2.93. The number of benzene rings is 2. The van der Waals surface area contributed by atoms with Gasteiger partial charge in [0.05, 0.1) is 11.3 Å². The van der Waals surface area contributed by atoms with Gasteiger partial charge in [0.2, 0.25) is 0 Å². The van der Waals surface area contributed by atoms with Crippen molar-refractivity contribution < 1.29 is 18.3 Å². The first-order valence-electron chi connectivity index (χ1n) is 8.43. The lowest BCUT2D eigenvalue weighted by Gasteiger charge is -2.12. The van der Waals surface area contributed by atoms with E-state index in [4.69, 9.17) is 5.11 Å². The predicted molar refractivity (Wildman–Crippen MR) is 97.6 cm³/mol. The summed E-state index contributed by atoms with van der Waals surface area (Å²) in [6.07, 6.45) is -1.63. The SMILES string of the molecule is OCCCc1ccccc1Nc1cc(-c2ccc(C(F)(F)F)cc2)ncn1. The van der Waals surface area contributed by atoms with Crippen LogP contribution in [0.25, 0.3) is 11.3 Å². The first-order chi connectivity index (χ1) is 13.0. The maximum Gasteiger partial charge on any atom is 0.416 e. The highest BCUT2D eigenvalue weighted by molar-refractivity contribution is 5.66. The van der Waals surface area contributed by atoms with E-state index in [-0.39, 0.29) is 6.61 Å². The minimum atomic E-state index is -4.37. The highest BCUT2D eigenvalue weighted by Gasteiger charge is 2.30. The molecule has 4 nitrogen and oxygen atoms in total. The molecule has 0 bridgehead atoms. The van der Waals surface area contributed by atoms with Crippen LogP contribution in [-0.2, 0) is 12.6 Å². The molecule has 0 saturated carbocycles. The highest BCUT2D eigenvalue weighted by Crippen LogP contribution is 2.31. The Morgan fingerprint density at radius 3 is 2.41 bits per heavy atom. The second-order valence-electron chi connectivity index (χ2n) is 5.97. The van der Waals surface area contributed by atoms with Crippen LogP contribution in [0, 0.1) is 0 Å². The van der Waals surface area contributed by atoms with Crippen LogP contribution in [0.4, 0.5) is 24.7 Å². The maximum absolute atomic E-state index is 12.7. The summed E-state index contributed by atoms with van der Waals surface area (Å²) in [5.41, 5.74) is 2.30. The summed E-state index contributed by atoms with van der Waals surface area (Å²) in [5.74, 6) is 0.538. The number of aliphatic hydroxyl groups is 1. The van der Waals surface area contributed by atoms with Crippen molar-refractivity contribution in [2.24, 2.45) is 0 Å². The molecular formula is C20H18F3N3O. The molecule has 0 aliphatic rings. The number of para-hydroxylation sites is 1. The second kappa shape index (κ2) is 8.18. The van der Waals surface area contributed by atoms with Gasteiger partial charge in [0, 0.05) is 23.9 Å². The Balaban J connectivity index is 1.82. The lowest BCUT2D eigenvalue weighted by atomic mass is 10.1. The van der Waals surface area contributed by atoms with E-state index in [1.807, 2.05) is 24.3 Å². The largest absolute Gasteiger partial charge is 0.416 e. The first kappa shape index (κ1) is 18.8. The Morgan fingerprint density at radius 1 is 0.963 bits per heavy atom. The number of halogens is 3. The molecule has 0 amide bonds. The molecule has 0 radical (unpaired) electrons. The van der Waals surface area contributed by atoms with Crippen LogP contribution in [0.1, 0.15) is 17.5 Å². The molecule has 0 spiro atoms. The Morgan fingerprint density at radius 2 is 1.70 bits per heavy atom. The van der Waals surface area contributed by atoms with E-state index in [1.165, 1.54) is 18.5 Å². The van der Waals surface area contributed by atoms with Gasteiger partial charge >= 0.3 is 6.18 Å². The molecule has 0 aliphatic heterocycles. The minimum absolute atomic E-state index is 0.111. The Kier molecular flexibility index (Phi) is 5.71. The number of nitrogens with zero attached hydrogens (tertiary/aromatic N) is 2. The van der Waals surface area contributed by atoms with Crippen molar-refractivity contribution in [2.75, 3.05) is 11.9 Å². The van der Waals surface area contributed by atoms with Gasteiger partial charge in [0.15, 0.2) is 0 Å². The molecule has 3 aromatic rings. The zero-order chi connectivity index (χ0) is 19.3. The summed E-state index contributed by atoms with van der Waals surface area (Å²) < 4.78 is 38.1. The zero-order valence-electron chi connectivity index (χ0n) is 14.4. The molecule has 1 aromatic heterocycles. The number of hydrogen-bond acceptors (Lipinski definition) is 4. The van der Waals surface area contributed by atoms with E-state index in [9.17, 15) is 13.2 Å². The standard InChI is InChI=1S/C20H18F3N3O/c21-20(22,23)16-9-7-15(8-10-16)18-12-19(25-13-24-18)26-17-6-2-1-4-14(17)5-3-11-27/h1-2,4,6-10,12-13,27H,3,5,11H2,(H,24,25,26). The molecule has 0 aliphatic carbocycles. The molecule has 1 heterocycles. The number of aliphatic hydroxyl groups excluding tert-OH is 1. The number of alkyl halides is 3. The fraction of sp³-hybridized carbons (Fsp3) is 0.200. The summed E-state index contributed by atoms with van der Waals surface area (Å²) in [6, 6.07) is 14.2. The maximum atomic E-state index is 12.7. The third-order valence-corrected chi connectivity index (χ3v) is 4.06. The van der Waals surface area contributed by atoms with Crippen molar-refractivity contribution in [3.05, 3.63) is 72.1 Å². The molecular weight excluding hydrogens is 355 g/mol. The van der Waals surface area contributed by atoms with Crippen LogP contribution in [-0.4, -0.2) is 21.7 Å². The molecule has 3 rings (SSSR count). The van der Waals surface area contributed by atoms with E-state index >= 15 is 0 Å². The Bertz CT molecular complexity index is 895. The quantitative estimate of drug-likeness (QED) is 0.650. The predicted octanol–water partition coefficient (Wildman–Crippen LogP) is 4.83. The van der Waals surface area contributed by atoms with Crippen molar-refractivity contribution in [2.45, 2.75) is 19.0 Å². The number of hydrogen-bond donors (Lipinski definition) is 2. The number of rotatable bonds is 6. The van der Waals surface area contributed by atoms with Crippen LogP contribution in [0.15, 0.2) is 60.9 Å². The van der Waals surface area contributed by atoms with E-state index < -0.39 is 11.7 Å². The van der Waals surface area contributed by atoms with Crippen molar-refractivity contribution in [1.82, 2.24) is 9.97 Å². The van der Waals surface area contributed by atoms with Gasteiger partial charge in [-0.15, -0.1) is 0 Å². The molecule has 0 fully saturated rings. The summed E-state index contributed by atoms with van der Waals surface area (Å²) in [5, 5.41) is 12.2. The number of aromatic nitrogens is 2. The van der Waals surface area contributed by atoms with Crippen molar-refractivity contribution >= 4 is 11.5 Å². The molecule has 27 heavy (non-hydrogen) atoms. The Labute approximate surface area is 154 Å². The summed E-state index contributed by atoms with van der Waals surface area (Å²) in [4.78, 5) is 8.34. The average molecular weight is 373 g/mol. The summed E-state index contributed by atoms with van der Waals surface area (Å²) in [7, 11) is 0. The van der Waals surface area contributed by atoms with Gasteiger partial charge in [0.1, 0.15) is 12.1 Å². The van der Waals surface area contributed by atoms with Crippen LogP contribution in [0.3, 0.4) is 0 Å². The van der Waals surface area contributed by atoms with E-state index in [0.717, 1.165) is 29.8 Å². The smallest absolute Gasteiger partial charge is 0.396 e. The van der Waals surface area contributed by atoms with Gasteiger partial charge in [-0.1, -0.05) is 30.3 Å². The number of aryl methyl sites for hydroxylation is 1. The lowest BCUT2D eigenvalue weighted by molar-refractivity contribution is -0.137. The van der Waals surface area contributed by atoms with Crippen molar-refractivity contribution in [3.63, 3.8) is 0 Å². The molecule has 7 heteroatoms. The van der Waals surface area contributed by atoms with Gasteiger partial charge in [-0.25, -0.2) is 9.97 Å². The molecule has 0 unspecified atom stereocenters. The topological polar surface area (TPSA) is 58.0 Å². The molecule has 2 aromatic carbocycles. The fourth-order valence-corrected chi connectivity index (χ4v) is 2.68. The number of anilines is 2. The van der Waals surface area contributed by atoms with Gasteiger partial charge < -0.3 is 10.4 Å². The van der Waals surface area contributed by atoms with Crippen LogP contribution in [0.5, 0.6) is 0 Å². The molecule has 2 N–H and O–H groups in total. The molecule has 0 atom stereocenters. The van der Waals surface area contributed by atoms with Crippen LogP contribution >= 0.6 is 0 Å². The van der Waals surface area contributed by atoms with Gasteiger partial charge in [-0.2, -0.15) is 13.2 Å². The lowest BCUT2D eigenvalue weighted by Crippen LogP contribution is -2.04. The van der Waals surface area contributed by atoms with Crippen molar-refractivity contribution in [3.8, 4) is 11.3 Å². The molecule has 0 saturated heterocycles. The average Bonchev–Trinajstić information content (AvgIpc) is 2.67. The van der Waals surface area contributed by atoms with E-state index in [0.29, 0.717) is 23.5 Å². The number of nitrogens with one attached hydrogen (secondary N) is 1. The summed E-state index contributed by atoms with van der Waals surface area (Å²) in [6.45, 7) is 0.111.